The van der Waals surface area contributed by atoms with Gasteiger partial charge in [-0.2, -0.15) is 0 Å². The van der Waals surface area contributed by atoms with Crippen molar-refractivity contribution in [3.63, 3.8) is 0 Å². The Morgan fingerprint density at radius 2 is 1.68 bits per heavy atom. The first-order valence-electron chi connectivity index (χ1n) is 6.50. The second-order valence-electron chi connectivity index (χ2n) is 5.72. The maximum atomic E-state index is 12.5. The molecule has 0 aliphatic rings. The minimum absolute atomic E-state index is 0.339. The fourth-order valence-corrected chi connectivity index (χ4v) is 4.40. The van der Waals surface area contributed by atoms with E-state index in [4.69, 9.17) is 5.73 Å². The van der Waals surface area contributed by atoms with Gasteiger partial charge in [-0.1, -0.05) is 13.3 Å². The fraction of sp³-hybridized carbons (Fsp3) is 0.571. The highest BCUT2D eigenvalue weighted by Gasteiger charge is 2.27. The second kappa shape index (κ2) is 5.51. The molecule has 0 fully saturated rings. The zero-order valence-electron chi connectivity index (χ0n) is 12.4. The lowest BCUT2D eigenvalue weighted by Crippen LogP contribution is -2.43. The van der Waals surface area contributed by atoms with Gasteiger partial charge in [0.05, 0.1) is 4.90 Å². The summed E-state index contributed by atoms with van der Waals surface area (Å²) in [6.07, 6.45) is 1.72. The first kappa shape index (κ1) is 16.0. The molecule has 108 valence electrons. The highest BCUT2D eigenvalue weighted by molar-refractivity contribution is 7.89. The summed E-state index contributed by atoms with van der Waals surface area (Å²) in [5.74, 6) is 0. The van der Waals surface area contributed by atoms with Crippen LogP contribution in [0.3, 0.4) is 0 Å². The van der Waals surface area contributed by atoms with Gasteiger partial charge in [0, 0.05) is 11.2 Å². The van der Waals surface area contributed by atoms with E-state index < -0.39 is 15.6 Å². The number of aryl methyl sites for hydroxylation is 2. The van der Waals surface area contributed by atoms with Crippen molar-refractivity contribution in [1.29, 1.82) is 0 Å². The van der Waals surface area contributed by atoms with Gasteiger partial charge in [0.15, 0.2) is 0 Å². The topological polar surface area (TPSA) is 72.2 Å². The predicted molar refractivity (Wildman–Crippen MR) is 79.6 cm³/mol. The number of sulfonamides is 1. The van der Waals surface area contributed by atoms with Gasteiger partial charge in [-0.05, 0) is 57.4 Å². The van der Waals surface area contributed by atoms with Crippen molar-refractivity contribution < 1.29 is 8.42 Å². The minimum Gasteiger partial charge on any atom is -0.399 e. The van der Waals surface area contributed by atoms with Crippen molar-refractivity contribution in [2.75, 3.05) is 5.73 Å². The van der Waals surface area contributed by atoms with Gasteiger partial charge in [-0.15, -0.1) is 0 Å². The van der Waals surface area contributed by atoms with Gasteiger partial charge in [0.25, 0.3) is 0 Å². The summed E-state index contributed by atoms with van der Waals surface area (Å²) in [6.45, 7) is 9.37. The van der Waals surface area contributed by atoms with E-state index in [-0.39, 0.29) is 0 Å². The molecule has 0 aliphatic heterocycles. The van der Waals surface area contributed by atoms with E-state index in [9.17, 15) is 8.42 Å². The Morgan fingerprint density at radius 3 is 2.11 bits per heavy atom. The summed E-state index contributed by atoms with van der Waals surface area (Å²) < 4.78 is 27.8. The van der Waals surface area contributed by atoms with E-state index in [0.717, 1.165) is 12.8 Å². The molecule has 5 heteroatoms. The van der Waals surface area contributed by atoms with Crippen molar-refractivity contribution in [2.45, 2.75) is 57.9 Å². The standard InChI is InChI=1S/C14H24N2O2S/c1-6-7-14(4,5)16-19(17,18)13-10(2)8-12(15)9-11(13)3/h8-9,16H,6-7,15H2,1-5H3. The van der Waals surface area contributed by atoms with Crippen LogP contribution >= 0.6 is 0 Å². The van der Waals surface area contributed by atoms with E-state index in [0.29, 0.717) is 21.7 Å². The molecule has 1 aromatic rings. The molecular weight excluding hydrogens is 260 g/mol. The number of nitrogens with one attached hydrogen (secondary N) is 1. The van der Waals surface area contributed by atoms with E-state index in [1.165, 1.54) is 0 Å². The molecule has 1 rings (SSSR count). The summed E-state index contributed by atoms with van der Waals surface area (Å²) >= 11 is 0. The number of hydrogen-bond acceptors (Lipinski definition) is 3. The Hall–Kier alpha value is -1.07. The Labute approximate surface area is 116 Å². The molecule has 19 heavy (non-hydrogen) atoms. The van der Waals surface area contributed by atoms with Crippen molar-refractivity contribution >= 4 is 15.7 Å². The maximum absolute atomic E-state index is 12.5. The molecule has 0 heterocycles. The third-order valence-corrected chi connectivity index (χ3v) is 5.04. The largest absolute Gasteiger partial charge is 0.399 e. The maximum Gasteiger partial charge on any atom is 0.241 e. The van der Waals surface area contributed by atoms with Crippen molar-refractivity contribution in [1.82, 2.24) is 4.72 Å². The van der Waals surface area contributed by atoms with E-state index in [1.807, 2.05) is 20.8 Å². The number of hydrogen-bond donors (Lipinski definition) is 2. The molecule has 0 saturated heterocycles. The second-order valence-corrected chi connectivity index (χ2v) is 7.34. The first-order chi connectivity index (χ1) is 8.59. The molecule has 0 radical (unpaired) electrons. The van der Waals surface area contributed by atoms with Gasteiger partial charge < -0.3 is 5.73 Å². The lowest BCUT2D eigenvalue weighted by molar-refractivity contribution is 0.417. The lowest BCUT2D eigenvalue weighted by Gasteiger charge is -2.26. The van der Waals surface area contributed by atoms with Crippen LogP contribution in [0.25, 0.3) is 0 Å². The van der Waals surface area contributed by atoms with Gasteiger partial charge >= 0.3 is 0 Å². The number of nitrogens with two attached hydrogens (primary N) is 1. The van der Waals surface area contributed by atoms with Crippen LogP contribution < -0.4 is 10.5 Å². The molecule has 4 nitrogen and oxygen atoms in total. The average Bonchev–Trinajstić information content (AvgIpc) is 2.11. The Kier molecular flexibility index (Phi) is 4.63. The van der Waals surface area contributed by atoms with E-state index in [2.05, 4.69) is 4.72 Å². The first-order valence-corrected chi connectivity index (χ1v) is 7.98. The van der Waals surface area contributed by atoms with Crippen molar-refractivity contribution in [3.05, 3.63) is 23.3 Å². The molecule has 0 atom stereocenters. The Morgan fingerprint density at radius 1 is 1.21 bits per heavy atom. The number of anilines is 1. The van der Waals surface area contributed by atoms with Crippen LogP contribution in [0.1, 0.15) is 44.7 Å². The quantitative estimate of drug-likeness (QED) is 0.817. The summed E-state index contributed by atoms with van der Waals surface area (Å²) in [5.41, 5.74) is 7.22. The fourth-order valence-electron chi connectivity index (χ4n) is 2.50. The highest BCUT2D eigenvalue weighted by atomic mass is 32.2. The Balaban J connectivity index is 3.22. The molecule has 0 amide bonds. The molecule has 1 aromatic carbocycles. The summed E-state index contributed by atoms with van der Waals surface area (Å²) in [6, 6.07) is 3.38. The molecule has 0 unspecified atom stereocenters. The molecule has 0 aliphatic carbocycles. The van der Waals surface area contributed by atoms with E-state index >= 15 is 0 Å². The molecular formula is C14H24N2O2S. The van der Waals surface area contributed by atoms with Crippen LogP contribution in [0, 0.1) is 13.8 Å². The number of nitrogen functional groups attached to an aromatic ring is 1. The third kappa shape index (κ3) is 3.94. The SMILES string of the molecule is CCCC(C)(C)NS(=O)(=O)c1c(C)cc(N)cc1C. The van der Waals surface area contributed by atoms with Gasteiger partial charge in [0.1, 0.15) is 0 Å². The van der Waals surface area contributed by atoms with E-state index in [1.54, 1.807) is 26.0 Å². The van der Waals surface area contributed by atoms with Crippen molar-refractivity contribution in [3.8, 4) is 0 Å². The Bertz CT molecular complexity index is 540. The molecule has 0 spiro atoms. The lowest BCUT2D eigenvalue weighted by atomic mass is 10.0. The highest BCUT2D eigenvalue weighted by Crippen LogP contribution is 2.25. The zero-order chi connectivity index (χ0) is 14.8. The average molecular weight is 284 g/mol. The predicted octanol–water partition coefficient (Wildman–Crippen LogP) is 2.74. The van der Waals surface area contributed by atoms with Crippen LogP contribution in [0.5, 0.6) is 0 Å². The van der Waals surface area contributed by atoms with Gasteiger partial charge in [-0.3, -0.25) is 0 Å². The van der Waals surface area contributed by atoms with Crippen LogP contribution in [-0.2, 0) is 10.0 Å². The summed E-state index contributed by atoms with van der Waals surface area (Å²) in [7, 11) is -3.52. The summed E-state index contributed by atoms with van der Waals surface area (Å²) in [5, 5.41) is 0. The normalized spacial score (nSPS) is 12.7. The van der Waals surface area contributed by atoms with Crippen LogP contribution in [0.2, 0.25) is 0 Å². The van der Waals surface area contributed by atoms with Crippen molar-refractivity contribution in [2.24, 2.45) is 0 Å². The van der Waals surface area contributed by atoms with Crippen LogP contribution in [0.15, 0.2) is 17.0 Å². The minimum atomic E-state index is -3.52. The molecule has 3 N–H and O–H groups in total. The van der Waals surface area contributed by atoms with Crippen LogP contribution in [-0.4, -0.2) is 14.0 Å². The summed E-state index contributed by atoms with van der Waals surface area (Å²) in [4.78, 5) is 0.339. The molecule has 0 bridgehead atoms. The van der Waals surface area contributed by atoms with Crippen LogP contribution in [0.4, 0.5) is 5.69 Å². The van der Waals surface area contributed by atoms with Gasteiger partial charge in [0.2, 0.25) is 10.0 Å². The van der Waals surface area contributed by atoms with Gasteiger partial charge in [-0.25, -0.2) is 13.1 Å². The molecule has 0 saturated carbocycles. The monoisotopic (exact) mass is 284 g/mol. The molecule has 0 aromatic heterocycles. The smallest absolute Gasteiger partial charge is 0.241 e. The zero-order valence-corrected chi connectivity index (χ0v) is 13.2. The third-order valence-electron chi connectivity index (χ3n) is 3.04. The number of benzene rings is 1. The number of rotatable bonds is 5.